The number of amides is 2. The van der Waals surface area contributed by atoms with Crippen LogP contribution >= 0.6 is 11.3 Å². The van der Waals surface area contributed by atoms with Crippen LogP contribution in [0.2, 0.25) is 0 Å². The molecule has 2 fully saturated rings. The zero-order chi connectivity index (χ0) is 19.1. The minimum Gasteiger partial charge on any atom is -0.481 e. The molecule has 142 valence electrons. The minimum atomic E-state index is -4.68. The Labute approximate surface area is 150 Å². The largest absolute Gasteiger partial charge is 0.481 e. The van der Waals surface area contributed by atoms with Gasteiger partial charge in [0.1, 0.15) is 0 Å². The van der Waals surface area contributed by atoms with E-state index in [-0.39, 0.29) is 12.3 Å². The Kier molecular flexibility index (Phi) is 4.91. The van der Waals surface area contributed by atoms with Crippen molar-refractivity contribution in [2.75, 3.05) is 24.5 Å². The molecule has 2 aliphatic rings. The van der Waals surface area contributed by atoms with Crippen LogP contribution in [0.3, 0.4) is 0 Å². The molecule has 0 bridgehead atoms. The van der Waals surface area contributed by atoms with Crippen LogP contribution in [0, 0.1) is 11.8 Å². The molecule has 0 spiro atoms. The van der Waals surface area contributed by atoms with Gasteiger partial charge in [0.25, 0.3) is 0 Å². The Bertz CT molecular complexity index is 736. The number of halogens is 3. The van der Waals surface area contributed by atoms with Crippen LogP contribution < -0.4 is 4.90 Å². The van der Waals surface area contributed by atoms with Gasteiger partial charge in [-0.3, -0.25) is 19.3 Å². The molecule has 0 saturated carbocycles. The second-order valence-electron chi connectivity index (χ2n) is 6.34. The van der Waals surface area contributed by atoms with E-state index < -0.39 is 43.0 Å². The Morgan fingerprint density at radius 2 is 2.08 bits per heavy atom. The number of rotatable bonds is 4. The number of thiazole rings is 1. The summed E-state index contributed by atoms with van der Waals surface area (Å²) in [5.41, 5.74) is 0.358. The standard InChI is InChI=1S/C15H16F3N3O4S/c16-15(17,18)10-6-20(5-9(10)13(24)25)12(23)4-8-7-26-14(19-8)21-3-1-2-11(21)22/h7,9-10H,1-6H2,(H,24,25)/t9-,10-/m1/s1. The summed E-state index contributed by atoms with van der Waals surface area (Å²) in [5, 5.41) is 11.1. The lowest BCUT2D eigenvalue weighted by Crippen LogP contribution is -2.34. The van der Waals surface area contributed by atoms with Gasteiger partial charge in [0.15, 0.2) is 5.13 Å². The number of aromatic nitrogens is 1. The van der Waals surface area contributed by atoms with E-state index in [9.17, 15) is 27.6 Å². The van der Waals surface area contributed by atoms with E-state index in [2.05, 4.69) is 4.98 Å². The van der Waals surface area contributed by atoms with Crippen LogP contribution in [0.25, 0.3) is 0 Å². The number of carboxylic acids is 1. The molecule has 11 heteroatoms. The van der Waals surface area contributed by atoms with Crippen LogP contribution in [-0.4, -0.2) is 58.6 Å². The smallest absolute Gasteiger partial charge is 0.394 e. The molecule has 3 heterocycles. The molecular weight excluding hydrogens is 375 g/mol. The number of carboxylic acid groups (broad SMARTS) is 1. The zero-order valence-electron chi connectivity index (χ0n) is 13.5. The molecule has 2 aliphatic heterocycles. The topological polar surface area (TPSA) is 90.8 Å². The minimum absolute atomic E-state index is 0.0471. The highest BCUT2D eigenvalue weighted by molar-refractivity contribution is 7.14. The van der Waals surface area contributed by atoms with E-state index in [4.69, 9.17) is 5.11 Å². The van der Waals surface area contributed by atoms with Crippen molar-refractivity contribution in [2.24, 2.45) is 11.8 Å². The van der Waals surface area contributed by atoms with Gasteiger partial charge in [-0.25, -0.2) is 4.98 Å². The molecule has 2 saturated heterocycles. The third-order valence-electron chi connectivity index (χ3n) is 4.59. The van der Waals surface area contributed by atoms with Crippen molar-refractivity contribution in [1.82, 2.24) is 9.88 Å². The molecule has 3 rings (SSSR count). The number of nitrogens with zero attached hydrogens (tertiary/aromatic N) is 3. The Hall–Kier alpha value is -2.17. The van der Waals surface area contributed by atoms with Gasteiger partial charge in [-0.15, -0.1) is 11.3 Å². The molecule has 0 aromatic carbocycles. The van der Waals surface area contributed by atoms with Crippen molar-refractivity contribution in [3.8, 4) is 0 Å². The molecule has 1 aromatic rings. The molecule has 0 unspecified atom stereocenters. The second-order valence-corrected chi connectivity index (χ2v) is 7.18. The summed E-state index contributed by atoms with van der Waals surface area (Å²) in [6.45, 7) is -0.583. The van der Waals surface area contributed by atoms with Crippen LogP contribution in [0.5, 0.6) is 0 Å². The Morgan fingerprint density at radius 3 is 2.62 bits per heavy atom. The van der Waals surface area contributed by atoms with Crippen molar-refractivity contribution in [3.05, 3.63) is 11.1 Å². The lowest BCUT2D eigenvalue weighted by Gasteiger charge is -2.18. The van der Waals surface area contributed by atoms with Gasteiger partial charge in [-0.2, -0.15) is 13.2 Å². The van der Waals surface area contributed by atoms with Crippen LogP contribution in [0.15, 0.2) is 5.38 Å². The van der Waals surface area contributed by atoms with Crippen molar-refractivity contribution < 1.29 is 32.7 Å². The molecule has 0 radical (unpaired) electrons. The van der Waals surface area contributed by atoms with Gasteiger partial charge < -0.3 is 10.0 Å². The predicted octanol–water partition coefficient (Wildman–Crippen LogP) is 1.53. The Morgan fingerprint density at radius 1 is 1.35 bits per heavy atom. The first-order valence-electron chi connectivity index (χ1n) is 7.99. The van der Waals surface area contributed by atoms with Crippen LogP contribution in [0.1, 0.15) is 18.5 Å². The molecular formula is C15H16F3N3O4S. The van der Waals surface area contributed by atoms with Gasteiger partial charge in [-0.05, 0) is 6.42 Å². The van der Waals surface area contributed by atoms with Crippen molar-refractivity contribution >= 4 is 34.3 Å². The summed E-state index contributed by atoms with van der Waals surface area (Å²) < 4.78 is 39.0. The summed E-state index contributed by atoms with van der Waals surface area (Å²) in [7, 11) is 0. The zero-order valence-corrected chi connectivity index (χ0v) is 14.3. The number of hydrogen-bond acceptors (Lipinski definition) is 5. The fourth-order valence-electron chi connectivity index (χ4n) is 3.21. The first-order valence-corrected chi connectivity index (χ1v) is 8.87. The third-order valence-corrected chi connectivity index (χ3v) is 5.50. The number of likely N-dealkylation sites (tertiary alicyclic amines) is 1. The first kappa shape index (κ1) is 18.6. The maximum atomic E-state index is 13.0. The fourth-order valence-corrected chi connectivity index (χ4v) is 4.08. The van der Waals surface area contributed by atoms with Gasteiger partial charge >= 0.3 is 12.1 Å². The SMILES string of the molecule is O=C(O)[C@@H]1CN(C(=O)Cc2csc(N3CCCC3=O)n2)C[C@H]1C(F)(F)F. The summed E-state index contributed by atoms with van der Waals surface area (Å²) in [4.78, 5) is 41.7. The molecule has 2 amide bonds. The van der Waals surface area contributed by atoms with Gasteiger partial charge in [0.05, 0.1) is 24.0 Å². The van der Waals surface area contributed by atoms with E-state index >= 15 is 0 Å². The summed E-state index contributed by atoms with van der Waals surface area (Å²) in [6.07, 6.45) is -3.73. The number of hydrogen-bond donors (Lipinski definition) is 1. The summed E-state index contributed by atoms with van der Waals surface area (Å²) in [6, 6.07) is 0. The molecule has 2 atom stereocenters. The Balaban J connectivity index is 1.66. The number of alkyl halides is 3. The van der Waals surface area contributed by atoms with E-state index in [1.807, 2.05) is 0 Å². The quantitative estimate of drug-likeness (QED) is 0.841. The van der Waals surface area contributed by atoms with E-state index in [0.717, 1.165) is 11.3 Å². The predicted molar refractivity (Wildman–Crippen MR) is 84.7 cm³/mol. The molecule has 7 nitrogen and oxygen atoms in total. The molecule has 1 N–H and O–H groups in total. The molecule has 26 heavy (non-hydrogen) atoms. The average Bonchev–Trinajstić information content (AvgIpc) is 3.24. The molecule has 1 aromatic heterocycles. The number of carbonyl (C=O) groups is 3. The first-order chi connectivity index (χ1) is 12.2. The lowest BCUT2D eigenvalue weighted by atomic mass is 9.96. The van der Waals surface area contributed by atoms with E-state index in [1.165, 1.54) is 16.2 Å². The summed E-state index contributed by atoms with van der Waals surface area (Å²) >= 11 is 1.19. The van der Waals surface area contributed by atoms with E-state index in [0.29, 0.717) is 23.8 Å². The highest BCUT2D eigenvalue weighted by atomic mass is 32.1. The number of aliphatic carboxylic acids is 1. The molecule has 0 aliphatic carbocycles. The third kappa shape index (κ3) is 3.67. The number of anilines is 1. The highest BCUT2D eigenvalue weighted by Gasteiger charge is 2.53. The normalized spacial score (nSPS) is 23.7. The van der Waals surface area contributed by atoms with Gasteiger partial charge in [0.2, 0.25) is 11.8 Å². The maximum Gasteiger partial charge on any atom is 0.394 e. The van der Waals surface area contributed by atoms with Crippen LogP contribution in [0.4, 0.5) is 18.3 Å². The summed E-state index contributed by atoms with van der Waals surface area (Å²) in [5.74, 6) is -5.95. The monoisotopic (exact) mass is 391 g/mol. The van der Waals surface area contributed by atoms with Gasteiger partial charge in [0, 0.05) is 31.4 Å². The van der Waals surface area contributed by atoms with Crippen LogP contribution in [-0.2, 0) is 20.8 Å². The fraction of sp³-hybridized carbons (Fsp3) is 0.600. The van der Waals surface area contributed by atoms with Crippen molar-refractivity contribution in [2.45, 2.75) is 25.4 Å². The maximum absolute atomic E-state index is 13.0. The van der Waals surface area contributed by atoms with E-state index in [1.54, 1.807) is 5.38 Å². The van der Waals surface area contributed by atoms with Crippen molar-refractivity contribution in [1.29, 1.82) is 0 Å². The second kappa shape index (κ2) is 6.86. The van der Waals surface area contributed by atoms with Gasteiger partial charge in [-0.1, -0.05) is 0 Å². The highest BCUT2D eigenvalue weighted by Crippen LogP contribution is 2.38. The lowest BCUT2D eigenvalue weighted by molar-refractivity contribution is -0.188. The average molecular weight is 391 g/mol. The van der Waals surface area contributed by atoms with Crippen molar-refractivity contribution in [3.63, 3.8) is 0 Å². The number of carbonyl (C=O) groups excluding carboxylic acids is 2.